The highest BCUT2D eigenvalue weighted by Gasteiger charge is 2.62. The van der Waals surface area contributed by atoms with Crippen LogP contribution in [-0.2, 0) is 11.8 Å². The molecular formula is C20H22N2O3. The van der Waals surface area contributed by atoms with Gasteiger partial charge in [0.15, 0.2) is 11.5 Å². The molecule has 1 fully saturated rings. The van der Waals surface area contributed by atoms with Crippen LogP contribution in [-0.4, -0.2) is 49.5 Å². The van der Waals surface area contributed by atoms with Crippen molar-refractivity contribution in [2.75, 3.05) is 27.8 Å². The highest BCUT2D eigenvalue weighted by Crippen LogP contribution is 2.58. The van der Waals surface area contributed by atoms with Gasteiger partial charge in [0.05, 0.1) is 25.7 Å². The minimum Gasteiger partial charge on any atom is -0.493 e. The quantitative estimate of drug-likeness (QED) is 0.893. The maximum Gasteiger partial charge on any atom is 0.165 e. The number of allylic oxidation sites excluding steroid dienone is 2. The lowest BCUT2D eigenvalue weighted by Crippen LogP contribution is -2.70. The predicted molar refractivity (Wildman–Crippen MR) is 93.7 cm³/mol. The van der Waals surface area contributed by atoms with E-state index in [1.165, 1.54) is 0 Å². The summed E-state index contributed by atoms with van der Waals surface area (Å²) in [6.45, 7) is 0.843. The van der Waals surface area contributed by atoms with Crippen LogP contribution in [0.25, 0.3) is 0 Å². The van der Waals surface area contributed by atoms with Gasteiger partial charge in [-0.05, 0) is 50.2 Å². The van der Waals surface area contributed by atoms with Crippen LogP contribution in [0, 0.1) is 11.3 Å². The fourth-order valence-corrected chi connectivity index (χ4v) is 4.93. The van der Waals surface area contributed by atoms with Gasteiger partial charge in [0, 0.05) is 17.2 Å². The largest absolute Gasteiger partial charge is 0.493 e. The van der Waals surface area contributed by atoms with Gasteiger partial charge in [0.1, 0.15) is 5.60 Å². The van der Waals surface area contributed by atoms with Crippen molar-refractivity contribution in [3.05, 3.63) is 47.1 Å². The van der Waals surface area contributed by atoms with Crippen molar-refractivity contribution in [1.82, 2.24) is 4.90 Å². The van der Waals surface area contributed by atoms with Crippen LogP contribution in [0.2, 0.25) is 0 Å². The van der Waals surface area contributed by atoms with E-state index in [0.717, 1.165) is 24.1 Å². The molecule has 1 N–H and O–H groups in total. The van der Waals surface area contributed by atoms with E-state index in [9.17, 15) is 10.4 Å². The van der Waals surface area contributed by atoms with E-state index in [-0.39, 0.29) is 6.04 Å². The molecule has 1 aliphatic heterocycles. The van der Waals surface area contributed by atoms with Gasteiger partial charge < -0.3 is 14.6 Å². The molecule has 1 aromatic rings. The Morgan fingerprint density at radius 3 is 2.80 bits per heavy atom. The summed E-state index contributed by atoms with van der Waals surface area (Å²) < 4.78 is 11.2. The zero-order valence-electron chi connectivity index (χ0n) is 14.7. The molecule has 4 rings (SSSR count). The van der Waals surface area contributed by atoms with Crippen molar-refractivity contribution in [1.29, 1.82) is 5.26 Å². The molecular weight excluding hydrogens is 316 g/mol. The van der Waals surface area contributed by atoms with E-state index < -0.39 is 11.0 Å². The van der Waals surface area contributed by atoms with Gasteiger partial charge in [-0.1, -0.05) is 12.1 Å². The van der Waals surface area contributed by atoms with Crippen molar-refractivity contribution in [3.63, 3.8) is 0 Å². The number of rotatable bonds is 2. The van der Waals surface area contributed by atoms with E-state index in [1.54, 1.807) is 20.3 Å². The van der Waals surface area contributed by atoms with E-state index in [2.05, 4.69) is 24.1 Å². The number of fused-ring (bicyclic) bond motifs is 1. The number of benzene rings is 1. The van der Waals surface area contributed by atoms with Gasteiger partial charge in [-0.15, -0.1) is 0 Å². The van der Waals surface area contributed by atoms with Gasteiger partial charge in [-0.3, -0.25) is 4.90 Å². The number of hydrogen-bond donors (Lipinski definition) is 1. The number of ether oxygens (including phenoxy) is 2. The maximum atomic E-state index is 11.8. The monoisotopic (exact) mass is 338 g/mol. The molecule has 0 aromatic heterocycles. The van der Waals surface area contributed by atoms with Crippen molar-refractivity contribution >= 4 is 0 Å². The SMILES string of the molecule is COc1ccc2c(c1OC)[C@@]13C=C(C#N)C=C[C@@]1(O)[C@H](C2)N(C)CC3. The summed E-state index contributed by atoms with van der Waals surface area (Å²) in [5, 5.41) is 21.3. The maximum absolute atomic E-state index is 11.8. The minimum absolute atomic E-state index is 0.0420. The standard InChI is InChI=1S/C20H22N2O3/c1-22-9-8-19-11-13(12-21)6-7-20(19,23)16(22)10-14-4-5-15(24-2)18(25-3)17(14)19/h4-7,11,16,23H,8-10H2,1-3H3/t16-,19+,20+/m0/s1. The summed E-state index contributed by atoms with van der Waals surface area (Å²) in [4.78, 5) is 2.22. The van der Waals surface area contributed by atoms with Crippen LogP contribution in [0.3, 0.4) is 0 Å². The van der Waals surface area contributed by atoms with Crippen LogP contribution < -0.4 is 9.47 Å². The van der Waals surface area contributed by atoms with Gasteiger partial charge in [-0.25, -0.2) is 0 Å². The zero-order valence-corrected chi connectivity index (χ0v) is 14.7. The summed E-state index contributed by atoms with van der Waals surface area (Å²) in [5.41, 5.74) is 0.913. The molecule has 1 heterocycles. The normalized spacial score (nSPS) is 32.9. The van der Waals surface area contributed by atoms with Crippen molar-refractivity contribution in [2.45, 2.75) is 29.9 Å². The number of nitriles is 1. The van der Waals surface area contributed by atoms with Crippen LogP contribution in [0.15, 0.2) is 35.9 Å². The van der Waals surface area contributed by atoms with Gasteiger partial charge in [0.25, 0.3) is 0 Å². The fraction of sp³-hybridized carbons (Fsp3) is 0.450. The molecule has 5 heteroatoms. The average molecular weight is 338 g/mol. The smallest absolute Gasteiger partial charge is 0.165 e. The van der Waals surface area contributed by atoms with E-state index in [0.29, 0.717) is 23.5 Å². The number of likely N-dealkylation sites (tertiary alicyclic amines) is 1. The van der Waals surface area contributed by atoms with E-state index in [1.807, 2.05) is 18.2 Å². The molecule has 25 heavy (non-hydrogen) atoms. The van der Waals surface area contributed by atoms with Gasteiger partial charge in [0.2, 0.25) is 0 Å². The molecule has 0 saturated carbocycles. The molecule has 1 saturated heterocycles. The topological polar surface area (TPSA) is 65.7 Å². The molecule has 0 radical (unpaired) electrons. The molecule has 2 bridgehead atoms. The highest BCUT2D eigenvalue weighted by molar-refractivity contribution is 5.64. The summed E-state index contributed by atoms with van der Waals surface area (Å²) in [7, 11) is 5.30. The molecule has 5 nitrogen and oxygen atoms in total. The Hall–Kier alpha value is -2.29. The number of likely N-dealkylation sites (N-methyl/N-ethyl adjacent to an activating group) is 1. The fourth-order valence-electron chi connectivity index (χ4n) is 4.93. The summed E-state index contributed by atoms with van der Waals surface area (Å²) in [5.74, 6) is 1.31. The second-order valence-corrected chi connectivity index (χ2v) is 7.13. The second-order valence-electron chi connectivity index (χ2n) is 7.13. The average Bonchev–Trinajstić information content (AvgIpc) is 2.63. The first-order chi connectivity index (χ1) is 12.0. The number of piperidine rings is 1. The molecule has 0 spiro atoms. The van der Waals surface area contributed by atoms with Gasteiger partial charge >= 0.3 is 0 Å². The Kier molecular flexibility index (Phi) is 3.47. The third kappa shape index (κ3) is 1.90. The van der Waals surface area contributed by atoms with Crippen LogP contribution >= 0.6 is 0 Å². The number of nitrogens with zero attached hydrogens (tertiary/aromatic N) is 2. The lowest BCUT2D eigenvalue weighted by molar-refractivity contribution is -0.0909. The lowest BCUT2D eigenvalue weighted by Gasteiger charge is -2.60. The first-order valence-electron chi connectivity index (χ1n) is 8.50. The first kappa shape index (κ1) is 16.2. The van der Waals surface area contributed by atoms with Crippen LogP contribution in [0.1, 0.15) is 17.5 Å². The van der Waals surface area contributed by atoms with E-state index >= 15 is 0 Å². The van der Waals surface area contributed by atoms with Crippen molar-refractivity contribution in [2.24, 2.45) is 0 Å². The van der Waals surface area contributed by atoms with Gasteiger partial charge in [-0.2, -0.15) is 5.26 Å². The number of aliphatic hydroxyl groups is 1. The third-order valence-corrected chi connectivity index (χ3v) is 6.15. The summed E-state index contributed by atoms with van der Waals surface area (Å²) in [6, 6.07) is 6.17. The molecule has 1 aromatic carbocycles. The Labute approximate surface area is 147 Å². The molecule has 3 aliphatic rings. The number of hydrogen-bond acceptors (Lipinski definition) is 5. The molecule has 0 unspecified atom stereocenters. The second kappa shape index (κ2) is 5.35. The number of methoxy groups -OCH3 is 2. The summed E-state index contributed by atoms with van der Waals surface area (Å²) >= 11 is 0. The molecule has 2 aliphatic carbocycles. The highest BCUT2D eigenvalue weighted by atomic mass is 16.5. The summed E-state index contributed by atoms with van der Waals surface area (Å²) in [6.07, 6.45) is 6.93. The molecule has 0 amide bonds. The molecule has 130 valence electrons. The first-order valence-corrected chi connectivity index (χ1v) is 8.50. The van der Waals surface area contributed by atoms with Crippen LogP contribution in [0.5, 0.6) is 11.5 Å². The Bertz CT molecular complexity index is 838. The predicted octanol–water partition coefficient (Wildman–Crippen LogP) is 1.95. The minimum atomic E-state index is -1.08. The van der Waals surface area contributed by atoms with Crippen molar-refractivity contribution < 1.29 is 14.6 Å². The zero-order chi connectivity index (χ0) is 17.8. The van der Waals surface area contributed by atoms with E-state index in [4.69, 9.17) is 9.47 Å². The van der Waals surface area contributed by atoms with Crippen molar-refractivity contribution in [3.8, 4) is 17.6 Å². The third-order valence-electron chi connectivity index (χ3n) is 6.15. The lowest BCUT2D eigenvalue weighted by atomic mass is 9.52. The van der Waals surface area contributed by atoms with Crippen LogP contribution in [0.4, 0.5) is 0 Å². The Balaban J connectivity index is 2.08. The molecule has 3 atom stereocenters. The Morgan fingerprint density at radius 1 is 1.32 bits per heavy atom. The Morgan fingerprint density at radius 2 is 2.12 bits per heavy atom.